The fraction of sp³-hybridized carbons (Fsp3) is 1.00. The number of halogens is 2. The zero-order chi connectivity index (χ0) is 0. The molecule has 0 unspecified atom stereocenters. The van der Waals surface area contributed by atoms with Gasteiger partial charge < -0.3 is 6.15 Å². The minimum atomic E-state index is 0. The molecule has 0 aromatic heterocycles. The summed E-state index contributed by atoms with van der Waals surface area (Å²) >= 11 is 0. The van der Waals surface area contributed by atoms with E-state index in [1.54, 1.807) is 0 Å². The van der Waals surface area contributed by atoms with Gasteiger partial charge in [-0.3, -0.25) is 0 Å². The summed E-state index contributed by atoms with van der Waals surface area (Å²) in [5.74, 6) is 0. The third-order valence-electron chi connectivity index (χ3n) is 0. The van der Waals surface area contributed by atoms with Gasteiger partial charge in [0.15, 0.2) is 0 Å². The highest BCUT2D eigenvalue weighted by atomic mass is 35.5. The molecule has 0 bridgehead atoms. The molecule has 0 heterocycles. The van der Waals surface area contributed by atoms with Crippen molar-refractivity contribution in [2.24, 2.45) is 0 Å². The molecule has 0 aliphatic carbocycles. The Labute approximate surface area is 76.0 Å². The van der Waals surface area contributed by atoms with Crippen molar-refractivity contribution in [1.29, 1.82) is 0 Å². The Kier molecular flexibility index (Phi) is 441000. The maximum absolute atomic E-state index is 0. The number of rotatable bonds is 0. The normalized spacial score (nSPS) is 0. The molecule has 3 heteroatoms. The first-order valence-electron chi connectivity index (χ1n) is 0. The minimum Gasteiger partial charge on any atom is -0.344 e. The average Bonchev–Trinajstić information content (AvgIpc) is 0. The first-order chi connectivity index (χ1) is 0. The zero-order valence-electron chi connectivity index (χ0n) is 1.52. The van der Waals surface area contributed by atoms with E-state index in [2.05, 4.69) is 0 Å². The van der Waals surface area contributed by atoms with Crippen molar-refractivity contribution in [3.8, 4) is 0 Å². The Morgan fingerprint density at radius 2 is 0.333 bits per heavy atom. The lowest BCUT2D eigenvalue weighted by Crippen LogP contribution is -0.481. The van der Waals surface area contributed by atoms with Crippen molar-refractivity contribution < 1.29 is 0 Å². The Hall–Kier alpha value is 0.540. The van der Waals surface area contributed by atoms with Crippen LogP contribution in [-0.2, 0) is 0 Å². The first kappa shape index (κ1) is 2390. The van der Waals surface area contributed by atoms with Crippen molar-refractivity contribution in [2.45, 2.75) is 44.6 Å². The van der Waals surface area contributed by atoms with Gasteiger partial charge in [-0.2, -0.15) is 0 Å². The van der Waals surface area contributed by atoms with E-state index in [-0.39, 0.29) is 75.5 Å². The van der Waals surface area contributed by atoms with E-state index in [4.69, 9.17) is 0 Å². The highest BCUT2D eigenvalue weighted by Crippen LogP contribution is 0.691. The molecule has 0 atom stereocenters. The van der Waals surface area contributed by atoms with Crippen LogP contribution in [-0.4, -0.2) is 0 Å². The largest absolute Gasteiger partial charge is 0.344 e. The second-order valence-electron chi connectivity index (χ2n) is 0. The second kappa shape index (κ2) is 1660. The third kappa shape index (κ3) is 1250. The lowest BCUT2D eigenvalue weighted by Gasteiger charge is -0.344. The fourth-order valence-corrected chi connectivity index (χ4v) is 0. The zero-order valence-corrected chi connectivity index (χ0v) is 3.16. The average molecular weight is 186 g/mol. The highest BCUT2D eigenvalue weighted by molar-refractivity contribution is 5.85. The molecule has 9 heavy (non-hydrogen) atoms. The quantitative estimate of drug-likeness (QED) is 0.578. The summed E-state index contributed by atoms with van der Waals surface area (Å²) in [6.45, 7) is 0. The van der Waals surface area contributed by atoms with Crippen molar-refractivity contribution in [3.63, 3.8) is 0 Å². The summed E-state index contributed by atoms with van der Waals surface area (Å²) < 4.78 is 0. The Bertz CT molecular complexity index is 11.0. The highest BCUT2D eigenvalue weighted by Gasteiger charge is -0.0724. The molecule has 0 amide bonds. The van der Waals surface area contributed by atoms with Crippen LogP contribution in [0.15, 0.2) is 0 Å². The molecule has 0 aromatic rings. The molecule has 1 nitrogen and oxygen atoms in total. The molecule has 0 aromatic carbocycles. The maximum Gasteiger partial charge on any atom is -0.0776 e. The van der Waals surface area contributed by atoms with Crippen LogP contribution in [0.4, 0.5) is 0 Å². The molecular formula is C6H29Cl2N. The van der Waals surface area contributed by atoms with Gasteiger partial charge in [0.1, 0.15) is 0 Å². The first-order valence-corrected chi connectivity index (χ1v) is 0. The lowest BCUT2D eigenvalue weighted by atomic mass is 12.0. The smallest absolute Gasteiger partial charge is 0.0776 e. The Morgan fingerprint density at radius 3 is 0.333 bits per heavy atom. The van der Waals surface area contributed by atoms with E-state index in [0.717, 1.165) is 0 Å². The van der Waals surface area contributed by atoms with Crippen LogP contribution >= 0.6 is 24.8 Å². The van der Waals surface area contributed by atoms with Gasteiger partial charge in [-0.1, -0.05) is 44.6 Å². The van der Waals surface area contributed by atoms with Gasteiger partial charge >= 0.3 is 0 Å². The third-order valence-corrected chi connectivity index (χ3v) is 0. The summed E-state index contributed by atoms with van der Waals surface area (Å²) in [6, 6.07) is 0. The molecule has 0 saturated carbocycles. The van der Waals surface area contributed by atoms with Crippen LogP contribution in [0.2, 0.25) is 0 Å². The van der Waals surface area contributed by atoms with E-state index in [9.17, 15) is 0 Å². The summed E-state index contributed by atoms with van der Waals surface area (Å²) in [6.07, 6.45) is 0. The fourth-order valence-electron chi connectivity index (χ4n) is 0. The molecular weight excluding hydrogens is 157 g/mol. The Morgan fingerprint density at radius 1 is 0.333 bits per heavy atom. The summed E-state index contributed by atoms with van der Waals surface area (Å²) in [5, 5.41) is 0. The van der Waals surface area contributed by atoms with Crippen LogP contribution in [0, 0.1) is 0 Å². The van der Waals surface area contributed by atoms with Gasteiger partial charge in [0.05, 0.1) is 0 Å². The lowest BCUT2D eigenvalue weighted by molar-refractivity contribution is 2.13. The molecule has 0 saturated heterocycles. The van der Waals surface area contributed by atoms with E-state index in [1.165, 1.54) is 0 Å². The number of hydrogen-bond acceptors (Lipinski definition) is 1. The number of hydrogen-bond donors (Lipinski definition) is 1. The van der Waals surface area contributed by atoms with Gasteiger partial charge in [-0.15, -0.1) is 24.8 Å². The van der Waals surface area contributed by atoms with Gasteiger partial charge in [-0.05, 0) is 0 Å². The van der Waals surface area contributed by atoms with E-state index < -0.39 is 0 Å². The van der Waals surface area contributed by atoms with Crippen LogP contribution in [0.3, 0.4) is 0 Å². The van der Waals surface area contributed by atoms with E-state index in [0.29, 0.717) is 0 Å². The predicted molar refractivity (Wildman–Crippen MR) is 59.9 cm³/mol. The summed E-state index contributed by atoms with van der Waals surface area (Å²) in [7, 11) is 0. The maximum atomic E-state index is 0. The topological polar surface area (TPSA) is 35.0 Å². The Balaban J connectivity index is 0. The second-order valence-corrected chi connectivity index (χ2v) is 0. The van der Waals surface area contributed by atoms with Gasteiger partial charge in [0, 0.05) is 0 Å². The van der Waals surface area contributed by atoms with Gasteiger partial charge in [0.2, 0.25) is 0 Å². The van der Waals surface area contributed by atoms with Gasteiger partial charge in [-0.25, -0.2) is 0 Å². The van der Waals surface area contributed by atoms with Crippen molar-refractivity contribution >= 4 is 24.8 Å². The SMILES string of the molecule is C.C.C.C.C.C.Cl.Cl.N. The van der Waals surface area contributed by atoms with Crippen molar-refractivity contribution in [3.05, 3.63) is 0 Å². The van der Waals surface area contributed by atoms with Crippen molar-refractivity contribution in [1.82, 2.24) is 6.15 Å². The molecule has 0 fully saturated rings. The van der Waals surface area contributed by atoms with Gasteiger partial charge in [0.25, 0.3) is 0 Å². The molecule has 0 aliphatic rings. The molecule has 0 radical (unpaired) electrons. The summed E-state index contributed by atoms with van der Waals surface area (Å²) in [4.78, 5) is 0. The standard InChI is InChI=1S/6CH4.2ClH.H3N/h6*1H4;2*1H;1H3. The molecule has 3 N–H and O–H groups in total. The molecule has 0 aliphatic heterocycles. The van der Waals surface area contributed by atoms with Crippen LogP contribution in [0.25, 0.3) is 0 Å². The van der Waals surface area contributed by atoms with E-state index in [1.807, 2.05) is 0 Å². The minimum absolute atomic E-state index is 0. The predicted octanol–water partition coefficient (Wildman–Crippen LogP) is 4.82. The monoisotopic (exact) mass is 185 g/mol. The van der Waals surface area contributed by atoms with Crippen LogP contribution in [0.1, 0.15) is 44.6 Å². The van der Waals surface area contributed by atoms with E-state index >= 15 is 0 Å². The molecule has 72 valence electrons. The molecule has 0 rings (SSSR count). The molecule has 0 spiro atoms. The summed E-state index contributed by atoms with van der Waals surface area (Å²) in [5.41, 5.74) is 0. The van der Waals surface area contributed by atoms with Crippen LogP contribution < -0.4 is 6.15 Å². The van der Waals surface area contributed by atoms with Crippen molar-refractivity contribution in [2.75, 3.05) is 0 Å². The van der Waals surface area contributed by atoms with Crippen LogP contribution in [0.5, 0.6) is 0 Å².